The lowest BCUT2D eigenvalue weighted by Gasteiger charge is -2.32. The third-order valence-corrected chi connectivity index (χ3v) is 6.63. The van der Waals surface area contributed by atoms with Gasteiger partial charge >= 0.3 is 5.97 Å². The highest BCUT2D eigenvalue weighted by molar-refractivity contribution is 6.02. The second-order valence-corrected chi connectivity index (χ2v) is 8.34. The number of esters is 1. The van der Waals surface area contributed by atoms with Crippen molar-refractivity contribution >= 4 is 27.5 Å². The fourth-order valence-electron chi connectivity index (χ4n) is 5.10. The van der Waals surface area contributed by atoms with Crippen LogP contribution < -0.4 is 4.74 Å². The van der Waals surface area contributed by atoms with Crippen molar-refractivity contribution in [3.63, 3.8) is 0 Å². The van der Waals surface area contributed by atoms with Crippen molar-refractivity contribution < 1.29 is 24.5 Å². The molecule has 5 nitrogen and oxygen atoms in total. The van der Waals surface area contributed by atoms with Gasteiger partial charge in [-0.3, -0.25) is 0 Å². The van der Waals surface area contributed by atoms with Crippen molar-refractivity contribution in [2.75, 3.05) is 7.11 Å². The van der Waals surface area contributed by atoms with Crippen LogP contribution in [0.3, 0.4) is 0 Å². The summed E-state index contributed by atoms with van der Waals surface area (Å²) in [6.45, 7) is 0. The van der Waals surface area contributed by atoms with E-state index in [1.807, 2.05) is 54.6 Å². The molecule has 5 heteroatoms. The number of hydrogen-bond acceptors (Lipinski definition) is 5. The fraction of sp³-hybridized carbons (Fsp3) is 0.0690. The maximum atomic E-state index is 13.3. The molecule has 1 aliphatic rings. The maximum Gasteiger partial charge on any atom is 0.340 e. The molecule has 6 rings (SSSR count). The summed E-state index contributed by atoms with van der Waals surface area (Å²) in [6, 6.07) is 27.2. The highest BCUT2D eigenvalue weighted by atomic mass is 16.6. The summed E-state index contributed by atoms with van der Waals surface area (Å²) in [7, 11) is 1.55. The molecule has 1 heterocycles. The van der Waals surface area contributed by atoms with Crippen LogP contribution >= 0.6 is 0 Å². The molecular formula is C29H20O5. The summed E-state index contributed by atoms with van der Waals surface area (Å²) in [5, 5.41) is 23.9. The first-order valence-electron chi connectivity index (χ1n) is 10.9. The van der Waals surface area contributed by atoms with E-state index in [9.17, 15) is 15.0 Å². The van der Waals surface area contributed by atoms with Crippen LogP contribution in [0.15, 0.2) is 91.0 Å². The second kappa shape index (κ2) is 7.25. The van der Waals surface area contributed by atoms with E-state index < -0.39 is 11.6 Å². The lowest BCUT2D eigenvalue weighted by molar-refractivity contribution is 0.0260. The van der Waals surface area contributed by atoms with E-state index in [0.717, 1.165) is 10.8 Å². The van der Waals surface area contributed by atoms with E-state index in [4.69, 9.17) is 9.47 Å². The summed E-state index contributed by atoms with van der Waals surface area (Å²) < 4.78 is 11.7. The summed E-state index contributed by atoms with van der Waals surface area (Å²) in [6.07, 6.45) is 0. The minimum absolute atomic E-state index is 0.143. The number of hydrogen-bond donors (Lipinski definition) is 2. The van der Waals surface area contributed by atoms with E-state index in [-0.39, 0.29) is 11.5 Å². The Morgan fingerprint density at radius 3 is 1.71 bits per heavy atom. The van der Waals surface area contributed by atoms with E-state index in [1.54, 1.807) is 43.5 Å². The molecule has 0 spiro atoms. The van der Waals surface area contributed by atoms with Crippen molar-refractivity contribution in [3.8, 4) is 17.2 Å². The Balaban J connectivity index is 1.80. The molecule has 0 unspecified atom stereocenters. The first kappa shape index (κ1) is 20.1. The van der Waals surface area contributed by atoms with Crippen LogP contribution in [0.4, 0.5) is 0 Å². The molecule has 0 atom stereocenters. The van der Waals surface area contributed by atoms with Crippen molar-refractivity contribution in [2.45, 2.75) is 5.60 Å². The van der Waals surface area contributed by atoms with Gasteiger partial charge in [0, 0.05) is 27.5 Å². The summed E-state index contributed by atoms with van der Waals surface area (Å²) in [5.41, 5.74) is 1.21. The van der Waals surface area contributed by atoms with Crippen molar-refractivity contribution in [3.05, 3.63) is 113 Å². The van der Waals surface area contributed by atoms with Crippen LogP contribution in [0.5, 0.6) is 17.2 Å². The predicted molar refractivity (Wildman–Crippen MR) is 130 cm³/mol. The molecule has 5 aromatic rings. The smallest absolute Gasteiger partial charge is 0.340 e. The van der Waals surface area contributed by atoms with Gasteiger partial charge in [-0.1, -0.05) is 48.5 Å². The zero-order valence-corrected chi connectivity index (χ0v) is 18.3. The molecule has 1 aliphatic heterocycles. The van der Waals surface area contributed by atoms with E-state index >= 15 is 0 Å². The maximum absolute atomic E-state index is 13.3. The van der Waals surface area contributed by atoms with Crippen molar-refractivity contribution in [2.24, 2.45) is 0 Å². The SMILES string of the molecule is COc1ccc2c(c1)C(=O)OC2(c1ccc(O)c2ccccc12)c1ccc(O)c2ccccc12. The quantitative estimate of drug-likeness (QED) is 0.337. The summed E-state index contributed by atoms with van der Waals surface area (Å²) in [4.78, 5) is 13.3. The molecule has 0 saturated heterocycles. The molecular weight excluding hydrogens is 428 g/mol. The number of carbonyl (C=O) groups is 1. The number of aromatic hydroxyl groups is 2. The fourth-order valence-corrected chi connectivity index (χ4v) is 5.10. The number of benzene rings is 5. The second-order valence-electron chi connectivity index (χ2n) is 8.34. The molecule has 0 fully saturated rings. The Labute approximate surface area is 195 Å². The third kappa shape index (κ3) is 2.64. The molecule has 0 radical (unpaired) electrons. The summed E-state index contributed by atoms with van der Waals surface area (Å²) >= 11 is 0. The molecule has 0 saturated carbocycles. The molecule has 166 valence electrons. The zero-order valence-electron chi connectivity index (χ0n) is 18.3. The minimum Gasteiger partial charge on any atom is -0.507 e. The van der Waals surface area contributed by atoms with Crippen LogP contribution in [-0.2, 0) is 10.3 Å². The molecule has 5 aromatic carbocycles. The van der Waals surface area contributed by atoms with Gasteiger partial charge in [0.15, 0.2) is 5.60 Å². The van der Waals surface area contributed by atoms with Gasteiger partial charge in [0.25, 0.3) is 0 Å². The Morgan fingerprint density at radius 2 is 1.18 bits per heavy atom. The van der Waals surface area contributed by atoms with Crippen molar-refractivity contribution in [1.82, 2.24) is 0 Å². The minimum atomic E-state index is -1.31. The number of rotatable bonds is 3. The largest absolute Gasteiger partial charge is 0.507 e. The van der Waals surface area contributed by atoms with Gasteiger partial charge in [-0.25, -0.2) is 4.79 Å². The molecule has 34 heavy (non-hydrogen) atoms. The van der Waals surface area contributed by atoms with E-state index in [0.29, 0.717) is 38.8 Å². The number of phenolic OH excluding ortho intramolecular Hbond substituents is 2. The van der Waals surface area contributed by atoms with E-state index in [2.05, 4.69) is 0 Å². The number of ether oxygens (including phenoxy) is 2. The average Bonchev–Trinajstić information content (AvgIpc) is 3.17. The molecule has 0 amide bonds. The van der Waals surface area contributed by atoms with Gasteiger partial charge in [-0.05, 0) is 53.2 Å². The van der Waals surface area contributed by atoms with Gasteiger partial charge in [0.2, 0.25) is 0 Å². The predicted octanol–water partition coefficient (Wildman–Crippen LogP) is 5.88. The van der Waals surface area contributed by atoms with Gasteiger partial charge in [-0.15, -0.1) is 0 Å². The Morgan fingerprint density at radius 1 is 0.676 bits per heavy atom. The number of cyclic esters (lactones) is 1. The third-order valence-electron chi connectivity index (χ3n) is 6.63. The Hall–Kier alpha value is -4.51. The monoisotopic (exact) mass is 448 g/mol. The van der Waals surface area contributed by atoms with Gasteiger partial charge < -0.3 is 19.7 Å². The van der Waals surface area contributed by atoms with Crippen molar-refractivity contribution in [1.29, 1.82) is 0 Å². The lowest BCUT2D eigenvalue weighted by Crippen LogP contribution is -2.30. The van der Waals surface area contributed by atoms with Crippen LogP contribution in [0, 0.1) is 0 Å². The Bertz CT molecular complexity index is 1530. The van der Waals surface area contributed by atoms with Gasteiger partial charge in [0.1, 0.15) is 17.2 Å². The van der Waals surface area contributed by atoms with Crippen LogP contribution in [0.25, 0.3) is 21.5 Å². The first-order chi connectivity index (χ1) is 16.5. The standard InChI is InChI=1S/C29H20O5/c1-33-17-10-11-25-22(16-17)28(32)34-29(25,23-12-14-26(30)20-8-4-2-6-18(20)23)24-13-15-27(31)21-9-5-3-7-19(21)24/h2-16,30-31H,1H3. The average molecular weight is 448 g/mol. The van der Waals surface area contributed by atoms with Crippen LogP contribution in [0.2, 0.25) is 0 Å². The molecule has 0 aromatic heterocycles. The van der Waals surface area contributed by atoms with Crippen LogP contribution in [0.1, 0.15) is 27.0 Å². The molecule has 2 N–H and O–H groups in total. The number of methoxy groups -OCH3 is 1. The highest BCUT2D eigenvalue weighted by Gasteiger charge is 2.50. The van der Waals surface area contributed by atoms with Gasteiger partial charge in [0.05, 0.1) is 12.7 Å². The van der Waals surface area contributed by atoms with Gasteiger partial charge in [-0.2, -0.15) is 0 Å². The normalized spacial score (nSPS) is 14.2. The topological polar surface area (TPSA) is 76.0 Å². The van der Waals surface area contributed by atoms with Crippen LogP contribution in [-0.4, -0.2) is 23.3 Å². The Kier molecular flexibility index (Phi) is 4.29. The summed E-state index contributed by atoms with van der Waals surface area (Å²) in [5.74, 6) is 0.370. The molecule has 0 bridgehead atoms. The number of phenols is 2. The zero-order chi connectivity index (χ0) is 23.4. The first-order valence-corrected chi connectivity index (χ1v) is 10.9. The number of carbonyl (C=O) groups excluding carboxylic acids is 1. The molecule has 0 aliphatic carbocycles. The number of fused-ring (bicyclic) bond motifs is 3. The highest BCUT2D eigenvalue weighted by Crippen LogP contribution is 2.52. The van der Waals surface area contributed by atoms with E-state index in [1.165, 1.54) is 0 Å². The lowest BCUT2D eigenvalue weighted by atomic mass is 9.76.